The molecule has 154 valence electrons. The van der Waals surface area contributed by atoms with Crippen LogP contribution in [0.1, 0.15) is 36.8 Å². The predicted molar refractivity (Wildman–Crippen MR) is 110 cm³/mol. The van der Waals surface area contributed by atoms with Gasteiger partial charge in [0.15, 0.2) is 0 Å². The maximum Gasteiger partial charge on any atom is 0.236 e. The molecule has 6 nitrogen and oxygen atoms in total. The molecule has 3 aliphatic rings. The summed E-state index contributed by atoms with van der Waals surface area (Å²) in [5.41, 5.74) is 1.42. The van der Waals surface area contributed by atoms with Gasteiger partial charge < -0.3 is 9.80 Å². The maximum absolute atomic E-state index is 13.2. The topological polar surface area (TPSA) is 72.3 Å². The molecule has 2 aliphatic heterocycles. The van der Waals surface area contributed by atoms with Gasteiger partial charge in [0.05, 0.1) is 12.1 Å². The summed E-state index contributed by atoms with van der Waals surface area (Å²) >= 11 is 0. The monoisotopic (exact) mass is 405 g/mol. The minimum absolute atomic E-state index is 0.118. The molecule has 0 radical (unpaired) electrons. The molecule has 5 rings (SSSR count). The number of carbonyl (C=O) groups is 1. The fraction of sp³-hybridized carbons (Fsp3) is 0.435. The number of halogens is 1. The number of pyridine rings is 1. The number of carbonyl (C=O) groups excluding carboxylic acids is 1. The van der Waals surface area contributed by atoms with Gasteiger partial charge in [0, 0.05) is 36.9 Å². The van der Waals surface area contributed by atoms with Gasteiger partial charge in [0.25, 0.3) is 0 Å². The van der Waals surface area contributed by atoms with Gasteiger partial charge in [-0.1, -0.05) is 12.1 Å². The SMILES string of the molecule is N#Cc1ccc(N2C3CCC2CN(C(=O)CNC2(c4ccc(F)cc4)CC2)C3)nc1. The Labute approximate surface area is 175 Å². The summed E-state index contributed by atoms with van der Waals surface area (Å²) in [5, 5.41) is 12.4. The van der Waals surface area contributed by atoms with E-state index in [2.05, 4.69) is 21.3 Å². The van der Waals surface area contributed by atoms with Crippen LogP contribution in [0.15, 0.2) is 42.6 Å². The van der Waals surface area contributed by atoms with E-state index in [1.165, 1.54) is 12.1 Å². The van der Waals surface area contributed by atoms with Crippen LogP contribution in [-0.2, 0) is 10.3 Å². The van der Waals surface area contributed by atoms with Crippen LogP contribution in [0.4, 0.5) is 10.2 Å². The number of rotatable bonds is 5. The number of hydrogen-bond donors (Lipinski definition) is 1. The molecule has 7 heteroatoms. The van der Waals surface area contributed by atoms with Crippen LogP contribution in [0.3, 0.4) is 0 Å². The first-order chi connectivity index (χ1) is 14.6. The molecular weight excluding hydrogens is 381 g/mol. The Morgan fingerprint density at radius 1 is 1.17 bits per heavy atom. The van der Waals surface area contributed by atoms with E-state index in [1.807, 2.05) is 23.1 Å². The van der Waals surface area contributed by atoms with Crippen molar-refractivity contribution in [2.24, 2.45) is 0 Å². The number of aromatic nitrogens is 1. The number of anilines is 1. The van der Waals surface area contributed by atoms with Gasteiger partial charge >= 0.3 is 0 Å². The van der Waals surface area contributed by atoms with Gasteiger partial charge in [-0.25, -0.2) is 9.37 Å². The molecule has 1 saturated carbocycles. The molecule has 30 heavy (non-hydrogen) atoms. The highest BCUT2D eigenvalue weighted by molar-refractivity contribution is 5.79. The van der Waals surface area contributed by atoms with Crippen molar-refractivity contribution in [1.82, 2.24) is 15.2 Å². The molecular formula is C23H24FN5O. The van der Waals surface area contributed by atoms with Crippen molar-refractivity contribution >= 4 is 11.7 Å². The number of nitrogens with one attached hydrogen (secondary N) is 1. The first-order valence-electron chi connectivity index (χ1n) is 10.5. The van der Waals surface area contributed by atoms with Crippen molar-refractivity contribution in [3.8, 4) is 6.07 Å². The number of nitrogens with zero attached hydrogens (tertiary/aromatic N) is 4. The molecule has 0 spiro atoms. The van der Waals surface area contributed by atoms with E-state index in [4.69, 9.17) is 5.26 Å². The summed E-state index contributed by atoms with van der Waals surface area (Å²) in [6.45, 7) is 1.69. The lowest BCUT2D eigenvalue weighted by atomic mass is 10.0. The minimum atomic E-state index is -0.240. The van der Waals surface area contributed by atoms with E-state index in [1.54, 1.807) is 12.3 Å². The quantitative estimate of drug-likeness (QED) is 0.828. The molecule has 2 atom stereocenters. The first kappa shape index (κ1) is 19.0. The Bertz CT molecular complexity index is 966. The highest BCUT2D eigenvalue weighted by Gasteiger charge is 2.45. The summed E-state index contributed by atoms with van der Waals surface area (Å²) < 4.78 is 13.2. The fourth-order valence-corrected chi connectivity index (χ4v) is 4.90. The van der Waals surface area contributed by atoms with Crippen LogP contribution in [0.2, 0.25) is 0 Å². The van der Waals surface area contributed by atoms with Crippen LogP contribution < -0.4 is 10.2 Å². The Kier molecular flexibility index (Phi) is 4.67. The third-order valence-corrected chi connectivity index (χ3v) is 6.70. The van der Waals surface area contributed by atoms with Gasteiger partial charge in [-0.05, 0) is 55.5 Å². The maximum atomic E-state index is 13.2. The summed E-state index contributed by atoms with van der Waals surface area (Å²) in [5.74, 6) is 0.767. The Morgan fingerprint density at radius 2 is 1.87 bits per heavy atom. The zero-order valence-corrected chi connectivity index (χ0v) is 16.7. The van der Waals surface area contributed by atoms with Crippen LogP contribution in [-0.4, -0.2) is 47.5 Å². The number of likely N-dealkylation sites (tertiary alicyclic amines) is 1. The summed E-state index contributed by atoms with van der Waals surface area (Å²) in [6.07, 6.45) is 5.64. The first-order valence-corrected chi connectivity index (χ1v) is 10.5. The highest BCUT2D eigenvalue weighted by atomic mass is 19.1. The lowest BCUT2D eigenvalue weighted by Crippen LogP contribution is -2.57. The van der Waals surface area contributed by atoms with Gasteiger partial charge in [-0.3, -0.25) is 10.1 Å². The smallest absolute Gasteiger partial charge is 0.236 e. The predicted octanol–water partition coefficient (Wildman–Crippen LogP) is 2.55. The largest absolute Gasteiger partial charge is 0.347 e. The van der Waals surface area contributed by atoms with E-state index < -0.39 is 0 Å². The number of hydrogen-bond acceptors (Lipinski definition) is 5. The Hall–Kier alpha value is -2.98. The van der Waals surface area contributed by atoms with E-state index in [9.17, 15) is 9.18 Å². The zero-order chi connectivity index (χ0) is 20.7. The molecule has 1 amide bonds. The van der Waals surface area contributed by atoms with Crippen molar-refractivity contribution < 1.29 is 9.18 Å². The van der Waals surface area contributed by atoms with Crippen molar-refractivity contribution in [3.63, 3.8) is 0 Å². The van der Waals surface area contributed by atoms with E-state index in [0.29, 0.717) is 25.2 Å². The third-order valence-electron chi connectivity index (χ3n) is 6.70. The molecule has 3 heterocycles. The molecule has 1 aromatic heterocycles. The average molecular weight is 405 g/mol. The minimum Gasteiger partial charge on any atom is -0.347 e. The summed E-state index contributed by atoms with van der Waals surface area (Å²) in [7, 11) is 0. The summed E-state index contributed by atoms with van der Waals surface area (Å²) in [6, 6.07) is 12.9. The second-order valence-electron chi connectivity index (χ2n) is 8.55. The normalized spacial score (nSPS) is 23.9. The molecule has 3 fully saturated rings. The second kappa shape index (κ2) is 7.37. The molecule has 1 aromatic carbocycles. The zero-order valence-electron chi connectivity index (χ0n) is 16.7. The van der Waals surface area contributed by atoms with Crippen LogP contribution in [0.5, 0.6) is 0 Å². The lowest BCUT2D eigenvalue weighted by molar-refractivity contribution is -0.131. The van der Waals surface area contributed by atoms with Gasteiger partial charge in [-0.2, -0.15) is 5.26 Å². The molecule has 2 unspecified atom stereocenters. The van der Waals surface area contributed by atoms with Crippen molar-refractivity contribution in [2.45, 2.75) is 43.3 Å². The highest BCUT2D eigenvalue weighted by Crippen LogP contribution is 2.45. The molecule has 2 aromatic rings. The third kappa shape index (κ3) is 3.41. The van der Waals surface area contributed by atoms with E-state index in [0.717, 1.165) is 37.1 Å². The summed E-state index contributed by atoms with van der Waals surface area (Å²) in [4.78, 5) is 21.7. The van der Waals surface area contributed by atoms with Crippen molar-refractivity contribution in [1.29, 1.82) is 5.26 Å². The van der Waals surface area contributed by atoms with Crippen LogP contribution >= 0.6 is 0 Å². The van der Waals surface area contributed by atoms with Crippen LogP contribution in [0, 0.1) is 17.1 Å². The Balaban J connectivity index is 1.21. The van der Waals surface area contributed by atoms with Crippen molar-refractivity contribution in [2.75, 3.05) is 24.5 Å². The number of piperazine rings is 1. The van der Waals surface area contributed by atoms with Gasteiger partial charge in [0.1, 0.15) is 17.7 Å². The fourth-order valence-electron chi connectivity index (χ4n) is 4.90. The number of nitriles is 1. The molecule has 1 N–H and O–H groups in total. The molecule has 2 bridgehead atoms. The molecule has 1 aliphatic carbocycles. The standard InChI is InChI=1S/C23H24FN5O/c24-18-4-2-17(3-5-18)23(9-10-23)27-13-22(30)28-14-19-6-7-20(15-28)29(19)21-8-1-16(11-25)12-26-21/h1-5,8,12,19-20,27H,6-7,9-10,13-15H2. The lowest BCUT2D eigenvalue weighted by Gasteiger charge is -2.42. The van der Waals surface area contributed by atoms with Gasteiger partial charge in [-0.15, -0.1) is 0 Å². The number of fused-ring (bicyclic) bond motifs is 2. The van der Waals surface area contributed by atoms with Gasteiger partial charge in [0.2, 0.25) is 5.91 Å². The van der Waals surface area contributed by atoms with Crippen molar-refractivity contribution in [3.05, 3.63) is 59.5 Å². The number of amides is 1. The Morgan fingerprint density at radius 3 is 2.43 bits per heavy atom. The van der Waals surface area contributed by atoms with E-state index >= 15 is 0 Å². The number of benzene rings is 1. The second-order valence-corrected chi connectivity index (χ2v) is 8.55. The van der Waals surface area contributed by atoms with Crippen LogP contribution in [0.25, 0.3) is 0 Å². The van der Waals surface area contributed by atoms with E-state index in [-0.39, 0.29) is 29.3 Å². The molecule has 2 saturated heterocycles. The average Bonchev–Trinajstić information content (AvgIpc) is 3.52.